The number of carbonyl (C=O) groups excluding carboxylic acids is 1. The van der Waals surface area contributed by atoms with Crippen LogP contribution < -0.4 is 10.6 Å². The van der Waals surface area contributed by atoms with Crippen LogP contribution in [0.2, 0.25) is 5.02 Å². The molecule has 1 rings (SSSR count). The predicted octanol–water partition coefficient (Wildman–Crippen LogP) is 2.89. The van der Waals surface area contributed by atoms with Crippen LogP contribution in [0.15, 0.2) is 22.7 Å². The van der Waals surface area contributed by atoms with Gasteiger partial charge in [0.2, 0.25) is 5.91 Å². The van der Waals surface area contributed by atoms with E-state index in [1.165, 1.54) is 0 Å². The van der Waals surface area contributed by atoms with Gasteiger partial charge in [-0.3, -0.25) is 4.79 Å². The quantitative estimate of drug-likeness (QED) is 0.876. The number of halogens is 2. The largest absolute Gasteiger partial charge is 0.355 e. The van der Waals surface area contributed by atoms with Crippen molar-refractivity contribution in [2.75, 3.05) is 13.1 Å². The Kier molecular flexibility index (Phi) is 5.95. The summed E-state index contributed by atoms with van der Waals surface area (Å²) in [6.45, 7) is 4.82. The zero-order chi connectivity index (χ0) is 12.8. The minimum Gasteiger partial charge on any atom is -0.355 e. The molecule has 1 unspecified atom stereocenters. The molecule has 0 saturated carbocycles. The molecule has 0 saturated heterocycles. The molecule has 0 heterocycles. The van der Waals surface area contributed by atoms with Crippen LogP contribution in [-0.2, 0) is 4.79 Å². The van der Waals surface area contributed by atoms with E-state index in [1.54, 1.807) is 0 Å². The van der Waals surface area contributed by atoms with E-state index in [1.807, 2.05) is 32.0 Å². The third kappa shape index (κ3) is 4.66. The number of hydrogen-bond acceptors (Lipinski definition) is 2. The second kappa shape index (κ2) is 6.99. The Bertz CT molecular complexity index is 398. The third-order valence-corrected chi connectivity index (χ3v) is 3.19. The third-order valence-electron chi connectivity index (χ3n) is 2.37. The minimum atomic E-state index is -0.00687. The van der Waals surface area contributed by atoms with Crippen LogP contribution in [-0.4, -0.2) is 19.0 Å². The van der Waals surface area contributed by atoms with E-state index < -0.39 is 0 Å². The lowest BCUT2D eigenvalue weighted by molar-refractivity contribution is -0.120. The van der Waals surface area contributed by atoms with Gasteiger partial charge in [-0.25, -0.2) is 0 Å². The lowest BCUT2D eigenvalue weighted by Crippen LogP contribution is -2.34. The first-order valence-electron chi connectivity index (χ1n) is 5.49. The van der Waals surface area contributed by atoms with Crippen LogP contribution in [0.1, 0.15) is 25.5 Å². The topological polar surface area (TPSA) is 41.1 Å². The lowest BCUT2D eigenvalue weighted by Gasteiger charge is -2.15. The van der Waals surface area contributed by atoms with Gasteiger partial charge >= 0.3 is 0 Å². The highest BCUT2D eigenvalue weighted by Crippen LogP contribution is 2.26. The summed E-state index contributed by atoms with van der Waals surface area (Å²) < 4.78 is 0.946. The van der Waals surface area contributed by atoms with Gasteiger partial charge in [0.25, 0.3) is 0 Å². The molecule has 17 heavy (non-hydrogen) atoms. The Morgan fingerprint density at radius 1 is 1.53 bits per heavy atom. The number of nitrogens with one attached hydrogen (secondary N) is 2. The summed E-state index contributed by atoms with van der Waals surface area (Å²) in [5, 5.41) is 6.56. The molecule has 94 valence electrons. The molecule has 0 aromatic heterocycles. The molecular formula is C12H16BrClN2O. The molecule has 3 nitrogen and oxygen atoms in total. The molecule has 1 atom stereocenters. The molecule has 5 heteroatoms. The van der Waals surface area contributed by atoms with E-state index in [-0.39, 0.29) is 11.9 Å². The van der Waals surface area contributed by atoms with Crippen molar-refractivity contribution in [1.29, 1.82) is 0 Å². The monoisotopic (exact) mass is 318 g/mol. The molecule has 0 bridgehead atoms. The van der Waals surface area contributed by atoms with E-state index in [2.05, 4.69) is 26.6 Å². The standard InChI is InChI=1S/C12H16BrClN2O/c1-3-15-12(17)7-16-8(2)10-5-4-9(13)6-11(10)14/h4-6,8,16H,3,7H2,1-2H3,(H,15,17). The second-order valence-electron chi connectivity index (χ2n) is 3.72. The van der Waals surface area contributed by atoms with Crippen molar-refractivity contribution in [3.63, 3.8) is 0 Å². The first-order chi connectivity index (χ1) is 8.04. The molecule has 1 aromatic rings. The van der Waals surface area contributed by atoms with E-state index >= 15 is 0 Å². The summed E-state index contributed by atoms with van der Waals surface area (Å²) in [5.41, 5.74) is 0.985. The van der Waals surface area contributed by atoms with Gasteiger partial charge in [0.05, 0.1) is 6.54 Å². The zero-order valence-corrected chi connectivity index (χ0v) is 12.2. The summed E-state index contributed by atoms with van der Waals surface area (Å²) in [7, 11) is 0. The highest BCUT2D eigenvalue weighted by molar-refractivity contribution is 9.10. The van der Waals surface area contributed by atoms with E-state index in [0.717, 1.165) is 10.0 Å². The number of likely N-dealkylation sites (N-methyl/N-ethyl adjacent to an activating group) is 1. The van der Waals surface area contributed by atoms with Crippen molar-refractivity contribution in [3.05, 3.63) is 33.3 Å². The molecule has 0 radical (unpaired) electrons. The first kappa shape index (κ1) is 14.5. The number of carbonyl (C=O) groups is 1. The van der Waals surface area contributed by atoms with Crippen molar-refractivity contribution in [1.82, 2.24) is 10.6 Å². The normalized spacial score (nSPS) is 12.2. The van der Waals surface area contributed by atoms with E-state index in [4.69, 9.17) is 11.6 Å². The molecule has 2 N–H and O–H groups in total. The van der Waals surface area contributed by atoms with Gasteiger partial charge in [-0.15, -0.1) is 0 Å². The Hall–Kier alpha value is -0.580. The van der Waals surface area contributed by atoms with Crippen molar-refractivity contribution >= 4 is 33.4 Å². The molecule has 0 aliphatic rings. The molecule has 0 spiro atoms. The highest BCUT2D eigenvalue weighted by atomic mass is 79.9. The molecule has 0 aliphatic carbocycles. The Morgan fingerprint density at radius 2 is 2.24 bits per heavy atom. The van der Waals surface area contributed by atoms with Crippen LogP contribution in [0, 0.1) is 0 Å². The van der Waals surface area contributed by atoms with Gasteiger partial charge in [0, 0.05) is 22.1 Å². The Labute approximate surface area is 115 Å². The van der Waals surface area contributed by atoms with Crippen molar-refractivity contribution in [2.24, 2.45) is 0 Å². The Balaban J connectivity index is 2.57. The maximum absolute atomic E-state index is 11.3. The number of benzene rings is 1. The van der Waals surface area contributed by atoms with Gasteiger partial charge in [0.1, 0.15) is 0 Å². The highest BCUT2D eigenvalue weighted by Gasteiger charge is 2.10. The molecular weight excluding hydrogens is 304 g/mol. The fraction of sp³-hybridized carbons (Fsp3) is 0.417. The lowest BCUT2D eigenvalue weighted by atomic mass is 10.1. The van der Waals surface area contributed by atoms with Crippen LogP contribution in [0.3, 0.4) is 0 Å². The van der Waals surface area contributed by atoms with Crippen LogP contribution in [0.25, 0.3) is 0 Å². The fourth-order valence-corrected chi connectivity index (χ4v) is 2.31. The SMILES string of the molecule is CCNC(=O)CNC(C)c1ccc(Br)cc1Cl. The maximum atomic E-state index is 11.3. The summed E-state index contributed by atoms with van der Waals surface area (Å²) in [6, 6.07) is 5.77. The van der Waals surface area contributed by atoms with Crippen LogP contribution in [0.5, 0.6) is 0 Å². The number of hydrogen-bond donors (Lipinski definition) is 2. The molecule has 1 aromatic carbocycles. The smallest absolute Gasteiger partial charge is 0.233 e. The number of rotatable bonds is 5. The zero-order valence-electron chi connectivity index (χ0n) is 9.89. The van der Waals surface area contributed by atoms with Gasteiger partial charge in [-0.1, -0.05) is 33.6 Å². The second-order valence-corrected chi connectivity index (χ2v) is 5.04. The molecule has 1 amide bonds. The fourth-order valence-electron chi connectivity index (χ4n) is 1.47. The van der Waals surface area contributed by atoms with Crippen molar-refractivity contribution < 1.29 is 4.79 Å². The minimum absolute atomic E-state index is 0.00687. The average Bonchev–Trinajstić information content (AvgIpc) is 2.26. The maximum Gasteiger partial charge on any atom is 0.233 e. The van der Waals surface area contributed by atoms with Gasteiger partial charge in [-0.2, -0.15) is 0 Å². The molecule has 0 aliphatic heterocycles. The predicted molar refractivity (Wildman–Crippen MR) is 74.3 cm³/mol. The van der Waals surface area contributed by atoms with E-state index in [9.17, 15) is 4.79 Å². The van der Waals surface area contributed by atoms with Gasteiger partial charge in [-0.05, 0) is 31.5 Å². The summed E-state index contributed by atoms with van der Waals surface area (Å²) in [5.74, 6) is -0.00687. The summed E-state index contributed by atoms with van der Waals surface area (Å²) in [4.78, 5) is 11.3. The summed E-state index contributed by atoms with van der Waals surface area (Å²) >= 11 is 9.49. The summed E-state index contributed by atoms with van der Waals surface area (Å²) in [6.07, 6.45) is 0. The van der Waals surface area contributed by atoms with Gasteiger partial charge in [0.15, 0.2) is 0 Å². The van der Waals surface area contributed by atoms with Crippen LogP contribution >= 0.6 is 27.5 Å². The van der Waals surface area contributed by atoms with Crippen molar-refractivity contribution in [2.45, 2.75) is 19.9 Å². The van der Waals surface area contributed by atoms with E-state index in [0.29, 0.717) is 18.1 Å². The Morgan fingerprint density at radius 3 is 2.82 bits per heavy atom. The number of amides is 1. The first-order valence-corrected chi connectivity index (χ1v) is 6.66. The average molecular weight is 320 g/mol. The van der Waals surface area contributed by atoms with Crippen molar-refractivity contribution in [3.8, 4) is 0 Å². The van der Waals surface area contributed by atoms with Gasteiger partial charge < -0.3 is 10.6 Å². The molecule has 0 fully saturated rings. The van der Waals surface area contributed by atoms with Crippen LogP contribution in [0.4, 0.5) is 0 Å².